The molecule has 1 aliphatic heterocycles. The standard InChI is InChI=1S/C8H12O2S/c11-7-1-3-8(4-2-7)9-5-6-10-8/h1,11H,2-6H2. The lowest BCUT2D eigenvalue weighted by Crippen LogP contribution is -2.31. The Bertz CT molecular complexity index is 183. The van der Waals surface area contributed by atoms with Gasteiger partial charge in [0.15, 0.2) is 5.79 Å². The summed E-state index contributed by atoms with van der Waals surface area (Å²) in [5, 5.41) is 0. The summed E-state index contributed by atoms with van der Waals surface area (Å²) in [6.45, 7) is 1.49. The summed E-state index contributed by atoms with van der Waals surface area (Å²) < 4.78 is 11.1. The average molecular weight is 172 g/mol. The summed E-state index contributed by atoms with van der Waals surface area (Å²) in [6, 6.07) is 0. The molecule has 0 unspecified atom stereocenters. The maximum absolute atomic E-state index is 5.53. The van der Waals surface area contributed by atoms with Gasteiger partial charge in [-0.3, -0.25) is 0 Å². The van der Waals surface area contributed by atoms with Gasteiger partial charge in [-0.1, -0.05) is 6.08 Å². The van der Waals surface area contributed by atoms with Crippen molar-refractivity contribution in [3.05, 3.63) is 11.0 Å². The smallest absolute Gasteiger partial charge is 0.172 e. The van der Waals surface area contributed by atoms with E-state index in [1.54, 1.807) is 0 Å². The van der Waals surface area contributed by atoms with Crippen LogP contribution < -0.4 is 0 Å². The molecule has 0 aromatic carbocycles. The Morgan fingerprint density at radius 2 is 2.09 bits per heavy atom. The summed E-state index contributed by atoms with van der Waals surface area (Å²) in [7, 11) is 0. The first-order valence-corrected chi connectivity index (χ1v) is 4.41. The largest absolute Gasteiger partial charge is 0.347 e. The van der Waals surface area contributed by atoms with Crippen LogP contribution in [0.4, 0.5) is 0 Å². The van der Waals surface area contributed by atoms with E-state index in [4.69, 9.17) is 9.47 Å². The van der Waals surface area contributed by atoms with Gasteiger partial charge in [0.25, 0.3) is 0 Å². The molecule has 0 atom stereocenters. The van der Waals surface area contributed by atoms with Gasteiger partial charge in [-0.25, -0.2) is 0 Å². The van der Waals surface area contributed by atoms with Gasteiger partial charge in [-0.2, -0.15) is 0 Å². The summed E-state index contributed by atoms with van der Waals surface area (Å²) in [6.07, 6.45) is 4.91. The Balaban J connectivity index is 2.06. The van der Waals surface area contributed by atoms with Crippen LogP contribution in [0.3, 0.4) is 0 Å². The molecule has 0 bridgehead atoms. The molecule has 62 valence electrons. The van der Waals surface area contributed by atoms with Crippen LogP contribution in [0.5, 0.6) is 0 Å². The van der Waals surface area contributed by atoms with Gasteiger partial charge in [0.05, 0.1) is 13.2 Å². The normalized spacial score (nSPS) is 29.0. The summed E-state index contributed by atoms with van der Waals surface area (Å²) in [4.78, 5) is 1.16. The van der Waals surface area contributed by atoms with Crippen molar-refractivity contribution in [2.24, 2.45) is 0 Å². The molecule has 0 aromatic rings. The third kappa shape index (κ3) is 1.45. The van der Waals surface area contributed by atoms with Crippen molar-refractivity contribution in [1.29, 1.82) is 0 Å². The zero-order chi connectivity index (χ0) is 7.73. The molecule has 3 heteroatoms. The fourth-order valence-corrected chi connectivity index (χ4v) is 1.76. The van der Waals surface area contributed by atoms with E-state index in [2.05, 4.69) is 18.7 Å². The molecule has 0 aromatic heterocycles. The predicted molar refractivity (Wildman–Crippen MR) is 45.6 cm³/mol. The Morgan fingerprint density at radius 1 is 1.36 bits per heavy atom. The minimum Gasteiger partial charge on any atom is -0.347 e. The number of thiol groups is 1. The van der Waals surface area contributed by atoms with Gasteiger partial charge in [0.1, 0.15) is 0 Å². The zero-order valence-electron chi connectivity index (χ0n) is 6.38. The lowest BCUT2D eigenvalue weighted by atomic mass is 10.0. The Kier molecular flexibility index (Phi) is 1.95. The molecule has 1 aliphatic carbocycles. The minimum absolute atomic E-state index is 0.272. The molecule has 11 heavy (non-hydrogen) atoms. The van der Waals surface area contributed by atoms with Crippen LogP contribution >= 0.6 is 12.6 Å². The third-order valence-electron chi connectivity index (χ3n) is 2.22. The quantitative estimate of drug-likeness (QED) is 0.561. The molecule has 2 aliphatic rings. The van der Waals surface area contributed by atoms with Crippen LogP contribution in [0.1, 0.15) is 19.3 Å². The number of hydrogen-bond acceptors (Lipinski definition) is 3. The van der Waals surface area contributed by atoms with E-state index in [9.17, 15) is 0 Å². The first kappa shape index (κ1) is 7.65. The molecule has 1 saturated heterocycles. The van der Waals surface area contributed by atoms with E-state index in [0.29, 0.717) is 0 Å². The van der Waals surface area contributed by atoms with E-state index in [1.807, 2.05) is 0 Å². The van der Waals surface area contributed by atoms with E-state index in [1.165, 1.54) is 0 Å². The van der Waals surface area contributed by atoms with E-state index >= 15 is 0 Å². The summed E-state index contributed by atoms with van der Waals surface area (Å²) in [5.74, 6) is -0.272. The highest BCUT2D eigenvalue weighted by Crippen LogP contribution is 2.35. The number of allylic oxidation sites excluding steroid dienone is 1. The number of hydrogen-bond donors (Lipinski definition) is 1. The Morgan fingerprint density at radius 3 is 2.64 bits per heavy atom. The summed E-state index contributed by atoms with van der Waals surface area (Å²) in [5.41, 5.74) is 0. The maximum atomic E-state index is 5.53. The van der Waals surface area contributed by atoms with Crippen LogP contribution in [0.2, 0.25) is 0 Å². The predicted octanol–water partition coefficient (Wildman–Crippen LogP) is 1.73. The first-order chi connectivity index (χ1) is 5.31. The van der Waals surface area contributed by atoms with Crippen molar-refractivity contribution in [1.82, 2.24) is 0 Å². The highest BCUT2D eigenvalue weighted by atomic mass is 32.1. The highest BCUT2D eigenvalue weighted by Gasteiger charge is 2.36. The van der Waals surface area contributed by atoms with Gasteiger partial charge in [-0.05, 0) is 11.3 Å². The molecule has 0 amide bonds. The number of rotatable bonds is 0. The second-order valence-electron chi connectivity index (χ2n) is 3.01. The lowest BCUT2D eigenvalue weighted by Gasteiger charge is -2.29. The SMILES string of the molecule is SC1=CCC2(CC1)OCCO2. The molecule has 0 N–H and O–H groups in total. The zero-order valence-corrected chi connectivity index (χ0v) is 7.27. The first-order valence-electron chi connectivity index (χ1n) is 3.97. The van der Waals surface area contributed by atoms with Crippen molar-refractivity contribution < 1.29 is 9.47 Å². The van der Waals surface area contributed by atoms with E-state index < -0.39 is 0 Å². The third-order valence-corrected chi connectivity index (χ3v) is 2.63. The second kappa shape index (κ2) is 2.81. The molecular formula is C8H12O2S. The molecule has 1 heterocycles. The highest BCUT2D eigenvalue weighted by molar-refractivity contribution is 7.84. The molecule has 1 fully saturated rings. The Labute approximate surface area is 72.0 Å². The van der Waals surface area contributed by atoms with Crippen molar-refractivity contribution in [2.75, 3.05) is 13.2 Å². The molecular weight excluding hydrogens is 160 g/mol. The fraction of sp³-hybridized carbons (Fsp3) is 0.750. The molecule has 0 saturated carbocycles. The monoisotopic (exact) mass is 172 g/mol. The number of ether oxygens (including phenoxy) is 2. The van der Waals surface area contributed by atoms with Gasteiger partial charge in [-0.15, -0.1) is 12.6 Å². The van der Waals surface area contributed by atoms with E-state index in [-0.39, 0.29) is 5.79 Å². The van der Waals surface area contributed by atoms with Crippen LogP contribution in [-0.2, 0) is 9.47 Å². The minimum atomic E-state index is -0.272. The fourth-order valence-electron chi connectivity index (χ4n) is 1.56. The van der Waals surface area contributed by atoms with Gasteiger partial charge in [0, 0.05) is 12.8 Å². The van der Waals surface area contributed by atoms with Gasteiger partial charge < -0.3 is 9.47 Å². The molecule has 2 nitrogen and oxygen atoms in total. The maximum Gasteiger partial charge on any atom is 0.172 e. The van der Waals surface area contributed by atoms with Crippen molar-refractivity contribution in [3.8, 4) is 0 Å². The molecule has 1 spiro atoms. The van der Waals surface area contributed by atoms with Crippen LogP contribution in [-0.4, -0.2) is 19.0 Å². The lowest BCUT2D eigenvalue weighted by molar-refractivity contribution is -0.160. The Hall–Kier alpha value is 0.01000. The van der Waals surface area contributed by atoms with Crippen LogP contribution in [0.25, 0.3) is 0 Å². The van der Waals surface area contributed by atoms with Crippen molar-refractivity contribution in [2.45, 2.75) is 25.0 Å². The van der Waals surface area contributed by atoms with Gasteiger partial charge >= 0.3 is 0 Å². The molecule has 0 radical (unpaired) electrons. The summed E-state index contributed by atoms with van der Waals surface area (Å²) >= 11 is 4.29. The van der Waals surface area contributed by atoms with E-state index in [0.717, 1.165) is 37.4 Å². The van der Waals surface area contributed by atoms with Crippen LogP contribution in [0.15, 0.2) is 11.0 Å². The van der Waals surface area contributed by atoms with Gasteiger partial charge in [0.2, 0.25) is 0 Å². The van der Waals surface area contributed by atoms with Crippen molar-refractivity contribution >= 4 is 12.6 Å². The van der Waals surface area contributed by atoms with Crippen molar-refractivity contribution in [3.63, 3.8) is 0 Å². The van der Waals surface area contributed by atoms with Crippen LogP contribution in [0, 0.1) is 0 Å². The average Bonchev–Trinajstić information content (AvgIpc) is 2.45. The topological polar surface area (TPSA) is 18.5 Å². The molecule has 2 rings (SSSR count). The second-order valence-corrected chi connectivity index (χ2v) is 3.58.